The Morgan fingerprint density at radius 3 is 2.89 bits per heavy atom. The van der Waals surface area contributed by atoms with Crippen molar-refractivity contribution in [3.05, 3.63) is 48.0 Å². The Morgan fingerprint density at radius 1 is 1.47 bits per heavy atom. The van der Waals surface area contributed by atoms with E-state index < -0.39 is 16.1 Å². The highest BCUT2D eigenvalue weighted by molar-refractivity contribution is 7.89. The lowest BCUT2D eigenvalue weighted by molar-refractivity contribution is 0.281. The molecule has 1 aromatic heterocycles. The summed E-state index contributed by atoms with van der Waals surface area (Å²) in [6.07, 6.45) is 3.19. The summed E-state index contributed by atoms with van der Waals surface area (Å²) < 4.78 is 26.9. The number of nitrogens with zero attached hydrogens (tertiary/aromatic N) is 1. The number of hydrogen-bond acceptors (Lipinski definition) is 4. The van der Waals surface area contributed by atoms with Crippen LogP contribution >= 0.6 is 0 Å². The number of imidazole rings is 1. The molecule has 0 aliphatic rings. The Kier molecular flexibility index (Phi) is 3.98. The molecule has 1 heterocycles. The van der Waals surface area contributed by atoms with Crippen LogP contribution in [0.1, 0.15) is 24.4 Å². The number of aliphatic hydroxyl groups excluding tert-OH is 1. The van der Waals surface area contributed by atoms with Crippen molar-refractivity contribution in [3.63, 3.8) is 0 Å². The third kappa shape index (κ3) is 3.19. The first-order valence-electron chi connectivity index (χ1n) is 5.74. The number of aromatic amines is 1. The molecule has 0 aliphatic carbocycles. The lowest BCUT2D eigenvalue weighted by Gasteiger charge is -2.12. The van der Waals surface area contributed by atoms with Crippen LogP contribution in [0.25, 0.3) is 0 Å². The highest BCUT2D eigenvalue weighted by Gasteiger charge is 2.19. The number of hydrogen-bond donors (Lipinski definition) is 3. The predicted molar refractivity (Wildman–Crippen MR) is 69.7 cm³/mol. The van der Waals surface area contributed by atoms with E-state index in [2.05, 4.69) is 14.7 Å². The van der Waals surface area contributed by atoms with E-state index in [9.17, 15) is 8.42 Å². The number of sulfonamides is 1. The average molecular weight is 281 g/mol. The van der Waals surface area contributed by atoms with Crippen molar-refractivity contribution in [2.75, 3.05) is 0 Å². The second kappa shape index (κ2) is 5.52. The summed E-state index contributed by atoms with van der Waals surface area (Å²) in [5, 5.41) is 9.03. The van der Waals surface area contributed by atoms with Crippen molar-refractivity contribution >= 4 is 10.0 Å². The molecule has 0 aliphatic heterocycles. The van der Waals surface area contributed by atoms with Crippen molar-refractivity contribution in [2.45, 2.75) is 24.5 Å². The van der Waals surface area contributed by atoms with E-state index in [-0.39, 0.29) is 11.5 Å². The zero-order valence-electron chi connectivity index (χ0n) is 10.4. The largest absolute Gasteiger partial charge is 0.392 e. The van der Waals surface area contributed by atoms with Gasteiger partial charge in [-0.1, -0.05) is 12.1 Å². The lowest BCUT2D eigenvalue weighted by atomic mass is 10.2. The average Bonchev–Trinajstić information content (AvgIpc) is 2.92. The van der Waals surface area contributed by atoms with Crippen LogP contribution in [0.4, 0.5) is 0 Å². The fraction of sp³-hybridized carbons (Fsp3) is 0.250. The van der Waals surface area contributed by atoms with Gasteiger partial charge >= 0.3 is 0 Å². The van der Waals surface area contributed by atoms with Crippen LogP contribution in [0, 0.1) is 0 Å². The van der Waals surface area contributed by atoms with Crippen LogP contribution in [-0.4, -0.2) is 23.5 Å². The SMILES string of the molecule is CC(NS(=O)(=O)c1cccc(CO)c1)c1ncc[nH]1. The van der Waals surface area contributed by atoms with E-state index in [0.29, 0.717) is 11.4 Å². The molecule has 0 saturated carbocycles. The second-order valence-corrected chi connectivity index (χ2v) is 5.84. The van der Waals surface area contributed by atoms with Gasteiger partial charge in [-0.25, -0.2) is 18.1 Å². The van der Waals surface area contributed by atoms with Gasteiger partial charge in [0.15, 0.2) is 0 Å². The van der Waals surface area contributed by atoms with E-state index in [0.717, 1.165) is 0 Å². The molecule has 0 saturated heterocycles. The first-order chi connectivity index (χ1) is 9.03. The van der Waals surface area contributed by atoms with Gasteiger partial charge in [-0.05, 0) is 24.6 Å². The fourth-order valence-electron chi connectivity index (χ4n) is 1.68. The molecule has 0 radical (unpaired) electrons. The van der Waals surface area contributed by atoms with Crippen molar-refractivity contribution in [1.82, 2.24) is 14.7 Å². The van der Waals surface area contributed by atoms with Gasteiger partial charge in [-0.3, -0.25) is 0 Å². The number of aromatic nitrogens is 2. The van der Waals surface area contributed by atoms with Crippen LogP contribution in [0.3, 0.4) is 0 Å². The van der Waals surface area contributed by atoms with Crippen LogP contribution in [0.2, 0.25) is 0 Å². The fourth-order valence-corrected chi connectivity index (χ4v) is 2.96. The van der Waals surface area contributed by atoms with Gasteiger partial charge in [-0.2, -0.15) is 0 Å². The van der Waals surface area contributed by atoms with Gasteiger partial charge in [0.1, 0.15) is 5.82 Å². The van der Waals surface area contributed by atoms with E-state index in [1.54, 1.807) is 31.5 Å². The molecule has 2 rings (SSSR count). The molecule has 0 spiro atoms. The third-order valence-electron chi connectivity index (χ3n) is 2.65. The number of benzene rings is 1. The second-order valence-electron chi connectivity index (χ2n) is 4.12. The summed E-state index contributed by atoms with van der Waals surface area (Å²) in [5.74, 6) is 0.543. The molecule has 6 nitrogen and oxygen atoms in total. The summed E-state index contributed by atoms with van der Waals surface area (Å²) in [6.45, 7) is 1.50. The summed E-state index contributed by atoms with van der Waals surface area (Å²) in [7, 11) is -3.64. The molecule has 2 aromatic rings. The molecule has 3 N–H and O–H groups in total. The molecule has 0 bridgehead atoms. The van der Waals surface area contributed by atoms with Crippen LogP contribution in [0.5, 0.6) is 0 Å². The molecule has 0 amide bonds. The Labute approximate surface area is 111 Å². The highest BCUT2D eigenvalue weighted by atomic mass is 32.2. The standard InChI is InChI=1S/C12H15N3O3S/c1-9(12-13-5-6-14-12)15-19(17,18)11-4-2-3-10(7-11)8-16/h2-7,9,15-16H,8H2,1H3,(H,13,14). The van der Waals surface area contributed by atoms with Gasteiger partial charge in [0, 0.05) is 12.4 Å². The molecule has 102 valence electrons. The highest BCUT2D eigenvalue weighted by Crippen LogP contribution is 2.15. The zero-order chi connectivity index (χ0) is 13.9. The minimum atomic E-state index is -3.64. The van der Waals surface area contributed by atoms with Crippen molar-refractivity contribution in [3.8, 4) is 0 Å². The molecule has 1 atom stereocenters. The minimum Gasteiger partial charge on any atom is -0.392 e. The van der Waals surface area contributed by atoms with Gasteiger partial charge in [0.2, 0.25) is 10.0 Å². The topological polar surface area (TPSA) is 95.1 Å². The maximum atomic E-state index is 12.2. The Morgan fingerprint density at radius 2 is 2.26 bits per heavy atom. The summed E-state index contributed by atoms with van der Waals surface area (Å²) >= 11 is 0. The minimum absolute atomic E-state index is 0.123. The monoisotopic (exact) mass is 281 g/mol. The maximum Gasteiger partial charge on any atom is 0.241 e. The molecular formula is C12H15N3O3S. The predicted octanol–water partition coefficient (Wildman–Crippen LogP) is 0.941. The quantitative estimate of drug-likeness (QED) is 0.760. The van der Waals surface area contributed by atoms with Gasteiger partial charge in [-0.15, -0.1) is 0 Å². The summed E-state index contributed by atoms with van der Waals surface area (Å²) in [5.41, 5.74) is 0.550. The lowest BCUT2D eigenvalue weighted by Crippen LogP contribution is -2.27. The molecule has 7 heteroatoms. The zero-order valence-corrected chi connectivity index (χ0v) is 11.2. The molecule has 19 heavy (non-hydrogen) atoms. The maximum absolute atomic E-state index is 12.2. The molecule has 0 fully saturated rings. The van der Waals surface area contributed by atoms with Crippen molar-refractivity contribution in [2.24, 2.45) is 0 Å². The van der Waals surface area contributed by atoms with Crippen LogP contribution in [-0.2, 0) is 16.6 Å². The summed E-state index contributed by atoms with van der Waals surface area (Å²) in [6, 6.07) is 5.72. The Hall–Kier alpha value is -1.70. The number of rotatable bonds is 5. The van der Waals surface area contributed by atoms with E-state index in [4.69, 9.17) is 5.11 Å². The number of aliphatic hydroxyl groups is 1. The van der Waals surface area contributed by atoms with Crippen molar-refractivity contribution < 1.29 is 13.5 Å². The Bertz CT molecular complexity index is 638. The van der Waals surface area contributed by atoms with Crippen LogP contribution in [0.15, 0.2) is 41.6 Å². The first-order valence-corrected chi connectivity index (χ1v) is 7.22. The van der Waals surface area contributed by atoms with Crippen LogP contribution < -0.4 is 4.72 Å². The summed E-state index contributed by atoms with van der Waals surface area (Å²) in [4.78, 5) is 6.98. The van der Waals surface area contributed by atoms with Crippen molar-refractivity contribution in [1.29, 1.82) is 0 Å². The van der Waals surface area contributed by atoms with E-state index >= 15 is 0 Å². The normalized spacial score (nSPS) is 13.4. The van der Waals surface area contributed by atoms with Gasteiger partial charge < -0.3 is 10.1 Å². The molecule has 1 aromatic carbocycles. The van der Waals surface area contributed by atoms with Gasteiger partial charge in [0.25, 0.3) is 0 Å². The van der Waals surface area contributed by atoms with E-state index in [1.807, 2.05) is 0 Å². The number of nitrogens with one attached hydrogen (secondary N) is 2. The first kappa shape index (κ1) is 13.7. The Balaban J connectivity index is 2.22. The van der Waals surface area contributed by atoms with Gasteiger partial charge in [0.05, 0.1) is 17.5 Å². The number of H-pyrrole nitrogens is 1. The molecular weight excluding hydrogens is 266 g/mol. The van der Waals surface area contributed by atoms with E-state index in [1.165, 1.54) is 12.1 Å². The smallest absolute Gasteiger partial charge is 0.241 e. The third-order valence-corrected chi connectivity index (χ3v) is 4.19. The molecule has 1 unspecified atom stereocenters.